The lowest BCUT2D eigenvalue weighted by molar-refractivity contribution is 0.100. The Kier molecular flexibility index (Phi) is 3.54. The highest BCUT2D eigenvalue weighted by atomic mass is 35.5. The third-order valence-corrected chi connectivity index (χ3v) is 1.92. The molecule has 74 valence electrons. The molecule has 0 aromatic heterocycles. The molecule has 0 saturated carbocycles. The number of carbonyl (C=O) groups excluding carboxylic acids is 1. The fraction of sp³-hybridized carbons (Fsp3) is 0.100. The van der Waals surface area contributed by atoms with Crippen LogP contribution in [0.5, 0.6) is 0 Å². The second-order valence-corrected chi connectivity index (χ2v) is 3.16. The van der Waals surface area contributed by atoms with Crippen molar-refractivity contribution in [3.05, 3.63) is 41.4 Å². The number of primary amides is 1. The molecular formula is C10H11ClN2O. The standard InChI is InChI=1S/C10H11ClN2O/c1-2-5-13-9-4-3-7(11)6-8(9)10(12)14/h2-4,6,13H,1,5H2,(H2,12,14). The monoisotopic (exact) mass is 210 g/mol. The van der Waals surface area contributed by atoms with E-state index in [4.69, 9.17) is 17.3 Å². The molecule has 1 amide bonds. The molecule has 1 aromatic rings. The average Bonchev–Trinajstić information content (AvgIpc) is 2.15. The molecule has 0 aliphatic heterocycles. The molecule has 4 heteroatoms. The van der Waals surface area contributed by atoms with Gasteiger partial charge in [-0.05, 0) is 18.2 Å². The Morgan fingerprint density at radius 3 is 2.93 bits per heavy atom. The molecule has 0 atom stereocenters. The molecule has 0 spiro atoms. The van der Waals surface area contributed by atoms with Crippen molar-refractivity contribution in [1.29, 1.82) is 0 Å². The van der Waals surface area contributed by atoms with Gasteiger partial charge in [0.2, 0.25) is 0 Å². The minimum absolute atomic E-state index is 0.388. The third kappa shape index (κ3) is 2.50. The largest absolute Gasteiger partial charge is 0.381 e. The van der Waals surface area contributed by atoms with E-state index in [1.807, 2.05) is 0 Å². The fourth-order valence-corrected chi connectivity index (χ4v) is 1.23. The summed E-state index contributed by atoms with van der Waals surface area (Å²) in [5, 5.41) is 3.48. The summed E-state index contributed by atoms with van der Waals surface area (Å²) in [5.74, 6) is -0.501. The van der Waals surface area contributed by atoms with Gasteiger partial charge < -0.3 is 11.1 Å². The van der Waals surface area contributed by atoms with Gasteiger partial charge in [-0.2, -0.15) is 0 Å². The summed E-state index contributed by atoms with van der Waals surface area (Å²) in [5.41, 5.74) is 6.25. The maximum atomic E-state index is 11.0. The Morgan fingerprint density at radius 2 is 2.36 bits per heavy atom. The number of nitrogens with one attached hydrogen (secondary N) is 1. The highest BCUT2D eigenvalue weighted by molar-refractivity contribution is 6.31. The van der Waals surface area contributed by atoms with E-state index in [9.17, 15) is 4.79 Å². The maximum Gasteiger partial charge on any atom is 0.250 e. The molecule has 0 radical (unpaired) electrons. The van der Waals surface area contributed by atoms with Crippen LogP contribution in [0, 0.1) is 0 Å². The molecule has 1 aromatic carbocycles. The molecule has 0 fully saturated rings. The van der Waals surface area contributed by atoms with E-state index in [2.05, 4.69) is 11.9 Å². The lowest BCUT2D eigenvalue weighted by atomic mass is 10.1. The summed E-state index contributed by atoms with van der Waals surface area (Å²) in [6.45, 7) is 4.13. The highest BCUT2D eigenvalue weighted by Gasteiger charge is 2.07. The topological polar surface area (TPSA) is 55.1 Å². The van der Waals surface area contributed by atoms with Crippen LogP contribution in [0.1, 0.15) is 10.4 Å². The molecule has 0 saturated heterocycles. The summed E-state index contributed by atoms with van der Waals surface area (Å²) in [6.07, 6.45) is 1.69. The smallest absolute Gasteiger partial charge is 0.250 e. The van der Waals surface area contributed by atoms with Gasteiger partial charge in [0.05, 0.1) is 5.56 Å². The lowest BCUT2D eigenvalue weighted by Gasteiger charge is -2.08. The van der Waals surface area contributed by atoms with E-state index in [-0.39, 0.29) is 0 Å². The Morgan fingerprint density at radius 1 is 1.64 bits per heavy atom. The summed E-state index contributed by atoms with van der Waals surface area (Å²) in [7, 11) is 0. The number of amides is 1. The first-order valence-corrected chi connectivity index (χ1v) is 4.47. The molecule has 1 rings (SSSR count). The maximum absolute atomic E-state index is 11.0. The SMILES string of the molecule is C=CCNc1ccc(Cl)cc1C(N)=O. The molecule has 0 aliphatic carbocycles. The van der Waals surface area contributed by atoms with Gasteiger partial charge in [0.25, 0.3) is 5.91 Å². The Hall–Kier alpha value is -1.48. The quantitative estimate of drug-likeness (QED) is 0.748. The minimum Gasteiger partial charge on any atom is -0.381 e. The zero-order valence-corrected chi connectivity index (χ0v) is 8.34. The number of benzene rings is 1. The molecule has 3 nitrogen and oxygen atoms in total. The van der Waals surface area contributed by atoms with Crippen LogP contribution in [-0.4, -0.2) is 12.5 Å². The molecule has 0 aliphatic rings. The number of hydrogen-bond donors (Lipinski definition) is 2. The lowest BCUT2D eigenvalue weighted by Crippen LogP contribution is -2.14. The van der Waals surface area contributed by atoms with Gasteiger partial charge >= 0.3 is 0 Å². The van der Waals surface area contributed by atoms with Crippen molar-refractivity contribution in [2.75, 3.05) is 11.9 Å². The van der Waals surface area contributed by atoms with Gasteiger partial charge in [0.1, 0.15) is 0 Å². The van der Waals surface area contributed by atoms with Crippen LogP contribution in [0.2, 0.25) is 5.02 Å². The summed E-state index contributed by atoms with van der Waals surface area (Å²) in [6, 6.07) is 4.95. The Balaban J connectivity index is 3.01. The van der Waals surface area contributed by atoms with E-state index in [1.54, 1.807) is 18.2 Å². The van der Waals surface area contributed by atoms with E-state index in [0.717, 1.165) is 0 Å². The molecule has 3 N–H and O–H groups in total. The summed E-state index contributed by atoms with van der Waals surface area (Å²) >= 11 is 5.74. The average molecular weight is 211 g/mol. The van der Waals surface area contributed by atoms with Crippen molar-refractivity contribution in [2.45, 2.75) is 0 Å². The van der Waals surface area contributed by atoms with Crippen LogP contribution < -0.4 is 11.1 Å². The van der Waals surface area contributed by atoms with Crippen LogP contribution in [0.25, 0.3) is 0 Å². The molecule has 14 heavy (non-hydrogen) atoms. The van der Waals surface area contributed by atoms with Crippen molar-refractivity contribution >= 4 is 23.2 Å². The van der Waals surface area contributed by atoms with Gasteiger partial charge in [-0.15, -0.1) is 6.58 Å². The molecule has 0 unspecified atom stereocenters. The first kappa shape index (κ1) is 10.6. The van der Waals surface area contributed by atoms with Crippen molar-refractivity contribution < 1.29 is 4.79 Å². The molecule has 0 bridgehead atoms. The second kappa shape index (κ2) is 4.67. The first-order valence-electron chi connectivity index (χ1n) is 4.09. The molecule has 0 heterocycles. The first-order chi connectivity index (χ1) is 6.65. The van der Waals surface area contributed by atoms with Crippen LogP contribution in [0.3, 0.4) is 0 Å². The van der Waals surface area contributed by atoms with Crippen LogP contribution in [0.15, 0.2) is 30.9 Å². The Bertz CT molecular complexity index is 363. The zero-order chi connectivity index (χ0) is 10.6. The highest BCUT2D eigenvalue weighted by Crippen LogP contribution is 2.19. The summed E-state index contributed by atoms with van der Waals surface area (Å²) in [4.78, 5) is 11.0. The Labute approximate surface area is 87.6 Å². The number of rotatable bonds is 4. The van der Waals surface area contributed by atoms with E-state index < -0.39 is 5.91 Å². The van der Waals surface area contributed by atoms with E-state index in [1.165, 1.54) is 6.07 Å². The van der Waals surface area contributed by atoms with Gasteiger partial charge in [0, 0.05) is 17.3 Å². The van der Waals surface area contributed by atoms with Gasteiger partial charge in [-0.1, -0.05) is 17.7 Å². The van der Waals surface area contributed by atoms with Crippen molar-refractivity contribution in [1.82, 2.24) is 0 Å². The zero-order valence-electron chi connectivity index (χ0n) is 7.59. The van der Waals surface area contributed by atoms with Crippen molar-refractivity contribution in [3.8, 4) is 0 Å². The van der Waals surface area contributed by atoms with Crippen molar-refractivity contribution in [3.63, 3.8) is 0 Å². The fourth-order valence-electron chi connectivity index (χ4n) is 1.06. The van der Waals surface area contributed by atoms with Crippen LogP contribution in [0.4, 0.5) is 5.69 Å². The van der Waals surface area contributed by atoms with Gasteiger partial charge in [-0.25, -0.2) is 0 Å². The number of carbonyl (C=O) groups is 1. The van der Waals surface area contributed by atoms with Crippen LogP contribution >= 0.6 is 11.6 Å². The van der Waals surface area contributed by atoms with Crippen molar-refractivity contribution in [2.24, 2.45) is 5.73 Å². The van der Waals surface area contributed by atoms with Gasteiger partial charge in [0.15, 0.2) is 0 Å². The third-order valence-electron chi connectivity index (χ3n) is 1.68. The normalized spacial score (nSPS) is 9.50. The second-order valence-electron chi connectivity index (χ2n) is 2.72. The number of anilines is 1. The van der Waals surface area contributed by atoms with E-state index >= 15 is 0 Å². The molecular weight excluding hydrogens is 200 g/mol. The van der Waals surface area contributed by atoms with Crippen LogP contribution in [-0.2, 0) is 0 Å². The predicted molar refractivity (Wildman–Crippen MR) is 58.7 cm³/mol. The number of hydrogen-bond acceptors (Lipinski definition) is 2. The number of halogens is 1. The minimum atomic E-state index is -0.501. The van der Waals surface area contributed by atoms with E-state index in [0.29, 0.717) is 22.8 Å². The summed E-state index contributed by atoms with van der Waals surface area (Å²) < 4.78 is 0. The number of nitrogens with two attached hydrogens (primary N) is 1. The van der Waals surface area contributed by atoms with Gasteiger partial charge in [-0.3, -0.25) is 4.79 Å². The predicted octanol–water partition coefficient (Wildman–Crippen LogP) is 2.04.